The molecule has 0 atom stereocenters. The summed E-state index contributed by atoms with van der Waals surface area (Å²) >= 11 is 0. The van der Waals surface area contributed by atoms with Gasteiger partial charge in [-0.05, 0) is 39.2 Å². The molecule has 0 bridgehead atoms. The predicted octanol–water partition coefficient (Wildman–Crippen LogP) is 3.24. The topological polar surface area (TPSA) is 26.3 Å². The Kier molecular flexibility index (Phi) is 6.81. The first-order chi connectivity index (χ1) is 6.56. The number of allylic oxidation sites excluding steroid dienone is 3. The molecule has 0 aromatic carbocycles. The van der Waals surface area contributed by atoms with E-state index < -0.39 is 0 Å². The number of ether oxygens (including phenoxy) is 1. The van der Waals surface area contributed by atoms with E-state index in [4.69, 9.17) is 4.74 Å². The second kappa shape index (κ2) is 7.36. The van der Waals surface area contributed by atoms with Gasteiger partial charge in [0.05, 0.1) is 0 Å². The van der Waals surface area contributed by atoms with Gasteiger partial charge >= 0.3 is 5.97 Å². The number of hydrogen-bond donors (Lipinski definition) is 0. The molecule has 0 aromatic heterocycles. The average molecular weight is 196 g/mol. The van der Waals surface area contributed by atoms with Gasteiger partial charge in [-0.15, -0.1) is 0 Å². The van der Waals surface area contributed by atoms with Gasteiger partial charge in [0.1, 0.15) is 6.61 Å². The highest BCUT2D eigenvalue weighted by atomic mass is 16.5. The summed E-state index contributed by atoms with van der Waals surface area (Å²) in [6.45, 7) is 8.00. The van der Waals surface area contributed by atoms with Crippen molar-refractivity contribution in [2.75, 3.05) is 6.61 Å². The maximum atomic E-state index is 10.5. The van der Waals surface area contributed by atoms with Crippen LogP contribution in [0.3, 0.4) is 0 Å². The van der Waals surface area contributed by atoms with Crippen molar-refractivity contribution >= 4 is 5.97 Å². The summed E-state index contributed by atoms with van der Waals surface area (Å²) in [6.07, 6.45) is 6.34. The molecule has 0 radical (unpaired) electrons. The zero-order valence-corrected chi connectivity index (χ0v) is 9.59. The van der Waals surface area contributed by atoms with E-state index in [9.17, 15) is 4.79 Å². The minimum Gasteiger partial charge on any atom is -0.461 e. The maximum absolute atomic E-state index is 10.5. The Bertz CT molecular complexity index is 237. The van der Waals surface area contributed by atoms with E-state index in [1.54, 1.807) is 0 Å². The smallest absolute Gasteiger partial charge is 0.302 e. The molecule has 0 aliphatic carbocycles. The van der Waals surface area contributed by atoms with Crippen LogP contribution >= 0.6 is 0 Å². The third kappa shape index (κ3) is 7.59. The van der Waals surface area contributed by atoms with Crippen molar-refractivity contribution in [3.63, 3.8) is 0 Å². The van der Waals surface area contributed by atoms with Crippen LogP contribution in [0.4, 0.5) is 0 Å². The molecule has 2 nitrogen and oxygen atoms in total. The molecule has 0 unspecified atom stereocenters. The van der Waals surface area contributed by atoms with Crippen LogP contribution < -0.4 is 0 Å². The summed E-state index contributed by atoms with van der Waals surface area (Å²) in [5.41, 5.74) is 2.51. The highest BCUT2D eigenvalue weighted by Crippen LogP contribution is 2.06. The van der Waals surface area contributed by atoms with Crippen LogP contribution in [-0.4, -0.2) is 12.6 Å². The minimum atomic E-state index is -0.220. The molecule has 0 aromatic rings. The van der Waals surface area contributed by atoms with Crippen LogP contribution in [0.15, 0.2) is 23.3 Å². The summed E-state index contributed by atoms with van der Waals surface area (Å²) in [5.74, 6) is -0.220. The monoisotopic (exact) mass is 196 g/mol. The van der Waals surface area contributed by atoms with Crippen molar-refractivity contribution in [2.24, 2.45) is 0 Å². The van der Waals surface area contributed by atoms with Gasteiger partial charge < -0.3 is 4.74 Å². The quantitative estimate of drug-likeness (QED) is 0.498. The zero-order chi connectivity index (χ0) is 11.0. The molecule has 0 amide bonds. The lowest BCUT2D eigenvalue weighted by atomic mass is 10.1. The van der Waals surface area contributed by atoms with Gasteiger partial charge in [-0.25, -0.2) is 0 Å². The van der Waals surface area contributed by atoms with E-state index in [2.05, 4.69) is 19.1 Å². The van der Waals surface area contributed by atoms with Crippen molar-refractivity contribution in [3.05, 3.63) is 23.3 Å². The van der Waals surface area contributed by atoms with Crippen molar-refractivity contribution in [2.45, 2.75) is 40.5 Å². The van der Waals surface area contributed by atoms with E-state index in [1.807, 2.05) is 13.8 Å². The largest absolute Gasteiger partial charge is 0.461 e. The first-order valence-corrected chi connectivity index (χ1v) is 4.97. The Morgan fingerprint density at radius 1 is 1.21 bits per heavy atom. The molecule has 0 heterocycles. The summed E-state index contributed by atoms with van der Waals surface area (Å²) in [5, 5.41) is 0. The van der Waals surface area contributed by atoms with Crippen molar-refractivity contribution in [3.8, 4) is 0 Å². The van der Waals surface area contributed by atoms with Gasteiger partial charge in [-0.2, -0.15) is 0 Å². The first kappa shape index (κ1) is 12.9. The normalized spacial score (nSPS) is 12.9. The maximum Gasteiger partial charge on any atom is 0.302 e. The molecule has 0 aliphatic heterocycles. The van der Waals surface area contributed by atoms with Crippen LogP contribution in [0.1, 0.15) is 40.5 Å². The fraction of sp³-hybridized carbons (Fsp3) is 0.583. The first-order valence-electron chi connectivity index (χ1n) is 4.97. The molecule has 0 rings (SSSR count). The van der Waals surface area contributed by atoms with Crippen molar-refractivity contribution < 1.29 is 9.53 Å². The van der Waals surface area contributed by atoms with Crippen LogP contribution in [0.25, 0.3) is 0 Å². The highest BCUT2D eigenvalue weighted by molar-refractivity contribution is 5.66. The van der Waals surface area contributed by atoms with Crippen molar-refractivity contribution in [1.82, 2.24) is 0 Å². The molecule has 0 fully saturated rings. The summed E-state index contributed by atoms with van der Waals surface area (Å²) in [4.78, 5) is 10.5. The molecule has 0 aliphatic rings. The van der Waals surface area contributed by atoms with E-state index >= 15 is 0 Å². The average Bonchev–Trinajstić information content (AvgIpc) is 2.14. The lowest BCUT2D eigenvalue weighted by Crippen LogP contribution is -2.01. The summed E-state index contributed by atoms with van der Waals surface area (Å²) in [7, 11) is 0. The molecule has 2 heteroatoms. The summed E-state index contributed by atoms with van der Waals surface area (Å²) in [6, 6.07) is 0. The number of carbonyl (C=O) groups excluding carboxylic acids is 1. The Hall–Kier alpha value is -1.05. The van der Waals surface area contributed by atoms with Crippen LogP contribution in [0, 0.1) is 0 Å². The highest BCUT2D eigenvalue weighted by Gasteiger charge is 1.94. The third-order valence-corrected chi connectivity index (χ3v) is 2.03. The number of carbonyl (C=O) groups is 1. The van der Waals surface area contributed by atoms with Gasteiger partial charge in [0, 0.05) is 6.92 Å². The van der Waals surface area contributed by atoms with E-state index in [0.717, 1.165) is 18.4 Å². The minimum absolute atomic E-state index is 0.220. The molecule has 0 saturated carbocycles. The summed E-state index contributed by atoms with van der Waals surface area (Å²) < 4.78 is 4.87. The second-order valence-corrected chi connectivity index (χ2v) is 3.50. The van der Waals surface area contributed by atoms with Gasteiger partial charge in [-0.3, -0.25) is 4.79 Å². The molecular formula is C12H20O2. The fourth-order valence-electron chi connectivity index (χ4n) is 0.965. The third-order valence-electron chi connectivity index (χ3n) is 2.03. The Labute approximate surface area is 86.6 Å². The molecule has 0 spiro atoms. The molecular weight excluding hydrogens is 176 g/mol. The molecule has 80 valence electrons. The zero-order valence-electron chi connectivity index (χ0n) is 9.59. The number of esters is 1. The van der Waals surface area contributed by atoms with E-state index in [1.165, 1.54) is 12.5 Å². The van der Waals surface area contributed by atoms with Crippen LogP contribution in [0.5, 0.6) is 0 Å². The van der Waals surface area contributed by atoms with Gasteiger partial charge in [-0.1, -0.05) is 17.7 Å². The standard InChI is InChI=1S/C12H20O2/c1-5-10(2)7-6-8-11(3)9-14-12(4)13/h5,8H,6-7,9H2,1-4H3/b10-5+,11-8+. The van der Waals surface area contributed by atoms with Crippen LogP contribution in [0.2, 0.25) is 0 Å². The lowest BCUT2D eigenvalue weighted by molar-refractivity contribution is -0.139. The number of rotatable bonds is 5. The molecule has 0 N–H and O–H groups in total. The number of hydrogen-bond acceptors (Lipinski definition) is 2. The second-order valence-electron chi connectivity index (χ2n) is 3.50. The van der Waals surface area contributed by atoms with Gasteiger partial charge in [0.2, 0.25) is 0 Å². The molecule has 14 heavy (non-hydrogen) atoms. The van der Waals surface area contributed by atoms with E-state index in [-0.39, 0.29) is 5.97 Å². The van der Waals surface area contributed by atoms with Gasteiger partial charge in [0.15, 0.2) is 0 Å². The predicted molar refractivity (Wildman–Crippen MR) is 59.1 cm³/mol. The van der Waals surface area contributed by atoms with Crippen molar-refractivity contribution in [1.29, 1.82) is 0 Å². The van der Waals surface area contributed by atoms with Crippen LogP contribution in [-0.2, 0) is 9.53 Å². The molecule has 0 saturated heterocycles. The SMILES string of the molecule is C/C=C(\C)CC/C=C(\C)COC(C)=O. The Morgan fingerprint density at radius 2 is 1.86 bits per heavy atom. The van der Waals surface area contributed by atoms with Gasteiger partial charge in [0.25, 0.3) is 0 Å². The van der Waals surface area contributed by atoms with E-state index in [0.29, 0.717) is 6.61 Å². The Balaban J connectivity index is 3.71. The Morgan fingerprint density at radius 3 is 2.36 bits per heavy atom. The fourth-order valence-corrected chi connectivity index (χ4v) is 0.965. The lowest BCUT2D eigenvalue weighted by Gasteiger charge is -2.02.